The summed E-state index contributed by atoms with van der Waals surface area (Å²) in [6.45, 7) is 6.94. The zero-order valence-corrected chi connectivity index (χ0v) is 12.1. The minimum atomic E-state index is -0.00765. The molecule has 1 aromatic carbocycles. The second kappa shape index (κ2) is 7.13. The zero-order chi connectivity index (χ0) is 14.4. The van der Waals surface area contributed by atoms with Gasteiger partial charge in [0.15, 0.2) is 0 Å². The molecule has 0 aliphatic carbocycles. The fourth-order valence-electron chi connectivity index (χ4n) is 1.77. The number of benzene rings is 1. The Hall–Kier alpha value is -1.57. The van der Waals surface area contributed by atoms with Gasteiger partial charge in [-0.25, -0.2) is 0 Å². The monoisotopic (exact) mass is 261 g/mol. The number of nitrogens with one attached hydrogen (secondary N) is 1. The van der Waals surface area contributed by atoms with Gasteiger partial charge in [-0.1, -0.05) is 19.9 Å². The van der Waals surface area contributed by atoms with Crippen molar-refractivity contribution in [3.63, 3.8) is 0 Å². The van der Waals surface area contributed by atoms with Gasteiger partial charge >= 0.3 is 0 Å². The molecule has 0 radical (unpaired) electrons. The highest BCUT2D eigenvalue weighted by molar-refractivity contribution is 5.60. The second-order valence-electron chi connectivity index (χ2n) is 5.14. The van der Waals surface area contributed by atoms with Crippen LogP contribution in [0.4, 0.5) is 5.69 Å². The summed E-state index contributed by atoms with van der Waals surface area (Å²) >= 11 is 0. The lowest BCUT2D eigenvalue weighted by atomic mass is 10.1. The van der Waals surface area contributed by atoms with Crippen LogP contribution in [-0.2, 0) is 6.54 Å². The highest BCUT2D eigenvalue weighted by Gasteiger charge is 2.13. The molecule has 0 amide bonds. The lowest BCUT2D eigenvalue weighted by Gasteiger charge is -2.26. The van der Waals surface area contributed by atoms with E-state index in [0.717, 1.165) is 17.8 Å². The molecule has 1 atom stereocenters. The van der Waals surface area contributed by atoms with Crippen molar-refractivity contribution in [2.24, 2.45) is 0 Å². The molecule has 4 nitrogen and oxygen atoms in total. The summed E-state index contributed by atoms with van der Waals surface area (Å²) in [5, 5.41) is 21.8. The molecule has 0 aromatic heterocycles. The number of aliphatic hydroxyl groups is 1. The van der Waals surface area contributed by atoms with E-state index in [-0.39, 0.29) is 12.6 Å². The van der Waals surface area contributed by atoms with Gasteiger partial charge in [-0.3, -0.25) is 0 Å². The Labute approximate surface area is 115 Å². The number of nitrogens with zero attached hydrogens (tertiary/aromatic N) is 2. The lowest BCUT2D eigenvalue weighted by Crippen LogP contribution is -2.32. The Morgan fingerprint density at radius 2 is 2.05 bits per heavy atom. The van der Waals surface area contributed by atoms with Crippen molar-refractivity contribution >= 4 is 5.69 Å². The van der Waals surface area contributed by atoms with Crippen LogP contribution in [-0.4, -0.2) is 30.8 Å². The molecule has 0 fully saturated rings. The van der Waals surface area contributed by atoms with Gasteiger partial charge in [-0.15, -0.1) is 0 Å². The lowest BCUT2D eigenvalue weighted by molar-refractivity contribution is 0.270. The molecule has 19 heavy (non-hydrogen) atoms. The molecule has 0 spiro atoms. The van der Waals surface area contributed by atoms with Crippen molar-refractivity contribution in [1.82, 2.24) is 5.32 Å². The quantitative estimate of drug-likeness (QED) is 0.821. The van der Waals surface area contributed by atoms with Crippen molar-refractivity contribution < 1.29 is 5.11 Å². The van der Waals surface area contributed by atoms with Gasteiger partial charge in [0.25, 0.3) is 0 Å². The summed E-state index contributed by atoms with van der Waals surface area (Å²) in [6, 6.07) is 8.52. The Bertz CT molecular complexity index is 451. The van der Waals surface area contributed by atoms with Gasteiger partial charge < -0.3 is 15.3 Å². The predicted octanol–water partition coefficient (Wildman–Crippen LogP) is 1.87. The van der Waals surface area contributed by atoms with Gasteiger partial charge in [0.1, 0.15) is 6.07 Å². The van der Waals surface area contributed by atoms with Crippen LogP contribution in [0.25, 0.3) is 0 Å². The largest absolute Gasteiger partial charge is 0.394 e. The van der Waals surface area contributed by atoms with Crippen LogP contribution in [0.1, 0.15) is 31.9 Å². The molecule has 0 saturated carbocycles. The standard InChI is InChI=1S/C15H23N3O/c1-11(2)17-9-13-5-6-15(14(7-13)8-16)18(4)12(3)10-19/h5-7,11-12,17,19H,9-10H2,1-4H3. The predicted molar refractivity (Wildman–Crippen MR) is 78.1 cm³/mol. The van der Waals surface area contributed by atoms with Crippen LogP contribution >= 0.6 is 0 Å². The van der Waals surface area contributed by atoms with Gasteiger partial charge in [0, 0.05) is 25.7 Å². The van der Waals surface area contributed by atoms with E-state index in [1.807, 2.05) is 37.1 Å². The smallest absolute Gasteiger partial charge is 0.101 e. The summed E-state index contributed by atoms with van der Waals surface area (Å²) in [6.07, 6.45) is 0. The summed E-state index contributed by atoms with van der Waals surface area (Å²) in [5.41, 5.74) is 2.60. The van der Waals surface area contributed by atoms with E-state index in [0.29, 0.717) is 11.6 Å². The SMILES string of the molecule is CC(C)NCc1ccc(N(C)C(C)CO)c(C#N)c1. The van der Waals surface area contributed by atoms with Crippen LogP contribution in [0.5, 0.6) is 0 Å². The first-order chi connectivity index (χ1) is 8.99. The fraction of sp³-hybridized carbons (Fsp3) is 0.533. The molecule has 2 N–H and O–H groups in total. The van der Waals surface area contributed by atoms with Gasteiger partial charge in [-0.05, 0) is 24.6 Å². The normalized spacial score (nSPS) is 12.3. The molecule has 0 aliphatic rings. The van der Waals surface area contributed by atoms with Crippen LogP contribution in [0.3, 0.4) is 0 Å². The Kier molecular flexibility index (Phi) is 5.81. The molecular formula is C15H23N3O. The van der Waals surface area contributed by atoms with E-state index >= 15 is 0 Å². The van der Waals surface area contributed by atoms with E-state index in [1.165, 1.54) is 0 Å². The fourth-order valence-corrected chi connectivity index (χ4v) is 1.77. The second-order valence-corrected chi connectivity index (χ2v) is 5.14. The van der Waals surface area contributed by atoms with Crippen molar-refractivity contribution in [1.29, 1.82) is 5.26 Å². The summed E-state index contributed by atoms with van der Waals surface area (Å²) in [4.78, 5) is 1.93. The van der Waals surface area contributed by atoms with Crippen LogP contribution in [0.2, 0.25) is 0 Å². The molecule has 0 saturated heterocycles. The number of hydrogen-bond acceptors (Lipinski definition) is 4. The Morgan fingerprint density at radius 3 is 2.58 bits per heavy atom. The van der Waals surface area contributed by atoms with Crippen molar-refractivity contribution in [3.05, 3.63) is 29.3 Å². The maximum atomic E-state index is 9.26. The first-order valence-corrected chi connectivity index (χ1v) is 6.59. The number of hydrogen-bond donors (Lipinski definition) is 2. The Morgan fingerprint density at radius 1 is 1.37 bits per heavy atom. The zero-order valence-electron chi connectivity index (χ0n) is 12.1. The maximum absolute atomic E-state index is 9.26. The van der Waals surface area contributed by atoms with Crippen LogP contribution in [0, 0.1) is 11.3 Å². The molecule has 1 aromatic rings. The molecule has 0 heterocycles. The van der Waals surface area contributed by atoms with Gasteiger partial charge in [0.05, 0.1) is 17.9 Å². The summed E-state index contributed by atoms with van der Waals surface area (Å²) in [7, 11) is 1.89. The first kappa shape index (κ1) is 15.5. The van der Waals surface area contributed by atoms with E-state index in [4.69, 9.17) is 0 Å². The molecule has 104 valence electrons. The molecule has 1 rings (SSSR count). The summed E-state index contributed by atoms with van der Waals surface area (Å²) in [5.74, 6) is 0. The topological polar surface area (TPSA) is 59.3 Å². The Balaban J connectivity index is 2.94. The molecular weight excluding hydrogens is 238 g/mol. The number of rotatable bonds is 6. The molecule has 4 heteroatoms. The number of nitriles is 1. The third kappa shape index (κ3) is 4.23. The van der Waals surface area contributed by atoms with Crippen molar-refractivity contribution in [2.45, 2.75) is 39.4 Å². The van der Waals surface area contributed by atoms with Crippen LogP contribution < -0.4 is 10.2 Å². The van der Waals surface area contributed by atoms with Gasteiger partial charge in [0.2, 0.25) is 0 Å². The maximum Gasteiger partial charge on any atom is 0.101 e. The first-order valence-electron chi connectivity index (χ1n) is 6.59. The molecule has 0 bridgehead atoms. The highest BCUT2D eigenvalue weighted by Crippen LogP contribution is 2.22. The summed E-state index contributed by atoms with van der Waals surface area (Å²) < 4.78 is 0. The highest BCUT2D eigenvalue weighted by atomic mass is 16.3. The third-order valence-electron chi connectivity index (χ3n) is 3.20. The van der Waals surface area contributed by atoms with Crippen molar-refractivity contribution in [3.8, 4) is 6.07 Å². The van der Waals surface area contributed by atoms with E-state index < -0.39 is 0 Å². The average molecular weight is 261 g/mol. The van der Waals surface area contributed by atoms with E-state index in [9.17, 15) is 10.4 Å². The number of likely N-dealkylation sites (N-methyl/N-ethyl adjacent to an activating group) is 1. The van der Waals surface area contributed by atoms with E-state index in [1.54, 1.807) is 0 Å². The van der Waals surface area contributed by atoms with Crippen LogP contribution in [0.15, 0.2) is 18.2 Å². The number of anilines is 1. The number of aliphatic hydroxyl groups excluding tert-OH is 1. The third-order valence-corrected chi connectivity index (χ3v) is 3.20. The minimum absolute atomic E-state index is 0.00765. The minimum Gasteiger partial charge on any atom is -0.394 e. The van der Waals surface area contributed by atoms with E-state index in [2.05, 4.69) is 25.2 Å². The molecule has 1 unspecified atom stereocenters. The molecule has 0 aliphatic heterocycles. The van der Waals surface area contributed by atoms with Crippen molar-refractivity contribution in [2.75, 3.05) is 18.6 Å². The average Bonchev–Trinajstić information content (AvgIpc) is 2.42. The van der Waals surface area contributed by atoms with Gasteiger partial charge in [-0.2, -0.15) is 5.26 Å².